The van der Waals surface area contributed by atoms with Crippen LogP contribution in [0.5, 0.6) is 34.5 Å². The van der Waals surface area contributed by atoms with Crippen LogP contribution in [0.2, 0.25) is 0 Å². The molecule has 388 valence electrons. The van der Waals surface area contributed by atoms with Crippen molar-refractivity contribution in [3.8, 4) is 34.5 Å². The maximum Gasteiger partial charge on any atom is 0.389 e. The molecule has 0 saturated carbocycles. The van der Waals surface area contributed by atoms with E-state index in [9.17, 15) is 55.7 Å². The highest BCUT2D eigenvalue weighted by Gasteiger charge is 2.37. The van der Waals surface area contributed by atoms with Gasteiger partial charge in [-0.2, -0.15) is 26.3 Å². The van der Waals surface area contributed by atoms with Gasteiger partial charge in [-0.05, 0) is 139 Å². The number of esters is 2. The Morgan fingerprint density at radius 1 is 0.548 bits per heavy atom. The highest BCUT2D eigenvalue weighted by molar-refractivity contribution is 6.01. The van der Waals surface area contributed by atoms with Gasteiger partial charge in [0.1, 0.15) is 23.7 Å². The maximum atomic E-state index is 13.6. The first-order valence-corrected chi connectivity index (χ1v) is 22.5. The molecule has 0 radical (unpaired) electrons. The van der Waals surface area contributed by atoms with Crippen LogP contribution in [0, 0.1) is 0 Å². The van der Waals surface area contributed by atoms with Crippen LogP contribution in [0.15, 0.2) is 115 Å². The summed E-state index contributed by atoms with van der Waals surface area (Å²) in [6.45, 7) is 0.122. The fraction of sp³-hybridized carbons (Fsp3) is 0.283. The molecule has 0 aliphatic heterocycles. The summed E-state index contributed by atoms with van der Waals surface area (Å²) < 4.78 is 107. The van der Waals surface area contributed by atoms with E-state index in [0.717, 1.165) is 12.2 Å². The van der Waals surface area contributed by atoms with Crippen molar-refractivity contribution < 1.29 is 84.2 Å². The van der Waals surface area contributed by atoms with Gasteiger partial charge in [-0.25, -0.2) is 9.59 Å². The average Bonchev–Trinajstić information content (AvgIpc) is 3.35. The molecule has 20 heteroatoms. The Kier molecular flexibility index (Phi) is 20.0. The second kappa shape index (κ2) is 26.0. The summed E-state index contributed by atoms with van der Waals surface area (Å²) in [5.74, 6) is -4.08. The SMILES string of the molecule is COc1cc(/C=C/C(=O)C(O)C(c2ccc(N)cc2N)C(O)C(=O)/C=C/c2ccc(OC(=O)c3ccc(OCCCCC(F)(F)F)cc3)c(OC)c2)ccc1OC(=O)c1ccc(OCCCCC(F)(F)F)cc1. The lowest BCUT2D eigenvalue weighted by Crippen LogP contribution is -2.39. The minimum Gasteiger partial charge on any atom is -0.494 e. The highest BCUT2D eigenvalue weighted by atomic mass is 19.4. The molecule has 5 aromatic rings. The van der Waals surface area contributed by atoms with Crippen LogP contribution in [0.25, 0.3) is 12.2 Å². The van der Waals surface area contributed by atoms with Gasteiger partial charge in [0.2, 0.25) is 0 Å². The molecule has 73 heavy (non-hydrogen) atoms. The zero-order chi connectivity index (χ0) is 53.3. The number of ether oxygens (including phenoxy) is 6. The third-order valence-electron chi connectivity index (χ3n) is 10.8. The van der Waals surface area contributed by atoms with E-state index in [1.165, 1.54) is 129 Å². The van der Waals surface area contributed by atoms with Crippen molar-refractivity contribution in [2.75, 3.05) is 38.9 Å². The minimum absolute atomic E-state index is 0.0153. The van der Waals surface area contributed by atoms with Crippen LogP contribution in [-0.4, -0.2) is 85.7 Å². The van der Waals surface area contributed by atoms with Gasteiger partial charge in [0.25, 0.3) is 0 Å². The summed E-state index contributed by atoms with van der Waals surface area (Å²) in [6.07, 6.45) is -9.47. The van der Waals surface area contributed by atoms with E-state index >= 15 is 0 Å². The van der Waals surface area contributed by atoms with Crippen molar-refractivity contribution >= 4 is 47.0 Å². The number of alkyl halides is 6. The van der Waals surface area contributed by atoms with Crippen LogP contribution in [0.4, 0.5) is 37.7 Å². The molecule has 0 fully saturated rings. The third-order valence-corrected chi connectivity index (χ3v) is 10.8. The lowest BCUT2D eigenvalue weighted by atomic mass is 9.83. The smallest absolute Gasteiger partial charge is 0.389 e. The Labute approximate surface area is 415 Å². The summed E-state index contributed by atoms with van der Waals surface area (Å²) >= 11 is 0. The molecule has 0 aliphatic carbocycles. The van der Waals surface area contributed by atoms with Gasteiger partial charge in [-0.1, -0.05) is 30.4 Å². The molecule has 2 unspecified atom stereocenters. The van der Waals surface area contributed by atoms with Crippen molar-refractivity contribution in [2.24, 2.45) is 0 Å². The summed E-state index contributed by atoms with van der Waals surface area (Å²) in [5.41, 5.74) is 13.3. The normalized spacial score (nSPS) is 13.0. The lowest BCUT2D eigenvalue weighted by Gasteiger charge is -2.26. The van der Waals surface area contributed by atoms with E-state index < -0.39 is 66.8 Å². The number of anilines is 2. The van der Waals surface area contributed by atoms with Gasteiger partial charge in [0, 0.05) is 24.2 Å². The fourth-order valence-corrected chi connectivity index (χ4v) is 6.99. The molecule has 0 amide bonds. The number of halogens is 6. The molecule has 14 nitrogen and oxygen atoms in total. The number of nitrogens with two attached hydrogens (primary N) is 2. The van der Waals surface area contributed by atoms with Crippen molar-refractivity contribution in [1.29, 1.82) is 0 Å². The second-order valence-corrected chi connectivity index (χ2v) is 16.3. The predicted octanol–water partition coefficient (Wildman–Crippen LogP) is 9.90. The van der Waals surface area contributed by atoms with Crippen LogP contribution < -0.4 is 39.9 Å². The first-order chi connectivity index (χ1) is 34.6. The molecule has 0 spiro atoms. The Bertz CT molecular complexity index is 2580. The first-order valence-electron chi connectivity index (χ1n) is 22.5. The van der Waals surface area contributed by atoms with Crippen molar-refractivity contribution in [1.82, 2.24) is 0 Å². The number of hydrogen-bond acceptors (Lipinski definition) is 14. The number of rotatable bonds is 25. The topological polar surface area (TPSA) is 216 Å². The van der Waals surface area contributed by atoms with Gasteiger partial charge in [-0.15, -0.1) is 0 Å². The summed E-state index contributed by atoms with van der Waals surface area (Å²) in [6, 6.07) is 24.3. The number of hydrogen-bond donors (Lipinski definition) is 4. The standard InChI is InChI=1S/C53H52F6N2O12/c1-68-45-29-32(9-23-43(45)72-50(66)34-11-16-37(17-12-34)70-27-5-3-25-52(54,55)56)7-21-41(62)48(64)47(39-20-15-36(60)31-40(39)61)49(65)42(63)22-8-33-10-24-44(46(30-33)69-2)73-51(67)35-13-18-38(19-14-35)71-28-6-4-26-53(57,58)59/h7-24,29-31,47-49,64-65H,3-6,25-28,60-61H2,1-2H3/b21-7+,22-8+. The van der Waals surface area contributed by atoms with Crippen LogP contribution in [-0.2, 0) is 9.59 Å². The molecular weight excluding hydrogens is 971 g/mol. The number of aliphatic hydroxyl groups is 2. The zero-order valence-electron chi connectivity index (χ0n) is 39.4. The van der Waals surface area contributed by atoms with E-state index in [2.05, 4.69) is 0 Å². The molecule has 0 saturated heterocycles. The number of unbranched alkanes of at least 4 members (excludes halogenated alkanes) is 2. The molecule has 0 aliphatic rings. The number of benzene rings is 5. The highest BCUT2D eigenvalue weighted by Crippen LogP contribution is 2.34. The second-order valence-electron chi connectivity index (χ2n) is 16.3. The van der Waals surface area contributed by atoms with Crippen LogP contribution >= 0.6 is 0 Å². The van der Waals surface area contributed by atoms with E-state index in [1.807, 2.05) is 0 Å². The Morgan fingerprint density at radius 3 is 1.33 bits per heavy atom. The molecule has 2 atom stereocenters. The van der Waals surface area contributed by atoms with Gasteiger partial charge in [0.05, 0.1) is 44.5 Å². The summed E-state index contributed by atoms with van der Waals surface area (Å²) in [4.78, 5) is 53.1. The number of methoxy groups -OCH3 is 2. The third kappa shape index (κ3) is 17.5. The van der Waals surface area contributed by atoms with Gasteiger partial charge in [0.15, 0.2) is 34.6 Å². The number of carbonyl (C=O) groups excluding carboxylic acids is 4. The summed E-state index contributed by atoms with van der Waals surface area (Å²) in [5, 5.41) is 22.9. The lowest BCUT2D eigenvalue weighted by molar-refractivity contribution is -0.136. The molecule has 5 aromatic carbocycles. The van der Waals surface area contributed by atoms with E-state index in [0.29, 0.717) is 22.6 Å². The van der Waals surface area contributed by atoms with Crippen LogP contribution in [0.1, 0.15) is 81.8 Å². The Balaban J connectivity index is 1.22. The van der Waals surface area contributed by atoms with Gasteiger partial charge >= 0.3 is 24.3 Å². The molecule has 0 aromatic heterocycles. The monoisotopic (exact) mass is 1020 g/mol. The van der Waals surface area contributed by atoms with Crippen LogP contribution in [0.3, 0.4) is 0 Å². The molecular formula is C53H52F6N2O12. The Morgan fingerprint density at radius 2 is 0.959 bits per heavy atom. The maximum absolute atomic E-state index is 13.6. The predicted molar refractivity (Wildman–Crippen MR) is 258 cm³/mol. The van der Waals surface area contributed by atoms with Crippen molar-refractivity contribution in [3.05, 3.63) is 143 Å². The minimum atomic E-state index is -4.24. The number of carbonyl (C=O) groups is 4. The van der Waals surface area contributed by atoms with Crippen molar-refractivity contribution in [3.63, 3.8) is 0 Å². The van der Waals surface area contributed by atoms with E-state index in [1.54, 1.807) is 0 Å². The van der Waals surface area contributed by atoms with Gasteiger partial charge in [-0.3, -0.25) is 9.59 Å². The molecule has 5 rings (SSSR count). The van der Waals surface area contributed by atoms with E-state index in [4.69, 9.17) is 39.9 Å². The zero-order valence-corrected chi connectivity index (χ0v) is 39.4. The molecule has 0 bridgehead atoms. The Hall–Kier alpha value is -7.84. The molecule has 6 N–H and O–H groups in total. The molecule has 0 heterocycles. The van der Waals surface area contributed by atoms with Crippen molar-refractivity contribution in [2.45, 2.75) is 69.0 Å². The number of ketones is 2. The largest absolute Gasteiger partial charge is 0.494 e. The number of aliphatic hydroxyl groups excluding tert-OH is 2. The first kappa shape index (κ1) is 56.1. The van der Waals surface area contributed by atoms with Gasteiger partial charge < -0.3 is 50.1 Å². The number of nitrogen functional groups attached to an aromatic ring is 2. The van der Waals surface area contributed by atoms with E-state index in [-0.39, 0.29) is 90.0 Å². The quantitative estimate of drug-likeness (QED) is 0.0107. The fourth-order valence-electron chi connectivity index (χ4n) is 6.99. The average molecular weight is 1020 g/mol. The summed E-state index contributed by atoms with van der Waals surface area (Å²) in [7, 11) is 2.63.